The molecule has 2 N–H and O–H groups in total. The fourth-order valence-corrected chi connectivity index (χ4v) is 3.44. The second kappa shape index (κ2) is 8.88. The lowest BCUT2D eigenvalue weighted by atomic mass is 9.82. The molecule has 2 amide bonds. The summed E-state index contributed by atoms with van der Waals surface area (Å²) in [6.07, 6.45) is 1.38. The van der Waals surface area contributed by atoms with Crippen LogP contribution in [0.1, 0.15) is 59.8 Å². The largest absolute Gasteiger partial charge is 0.452 e. The summed E-state index contributed by atoms with van der Waals surface area (Å²) < 4.78 is 32.0. The lowest BCUT2D eigenvalue weighted by Crippen LogP contribution is -2.45. The number of benzene rings is 1. The fourth-order valence-electron chi connectivity index (χ4n) is 3.44. The molecule has 0 radical (unpaired) electrons. The lowest BCUT2D eigenvalue weighted by Gasteiger charge is -2.29. The van der Waals surface area contributed by atoms with Crippen molar-refractivity contribution in [3.8, 4) is 0 Å². The number of amides is 2. The molecule has 8 heteroatoms. The molecule has 1 aliphatic rings. The maximum atomic E-state index is 13.7. The van der Waals surface area contributed by atoms with E-state index in [0.29, 0.717) is 18.9 Å². The van der Waals surface area contributed by atoms with Crippen LogP contribution < -0.4 is 10.6 Å². The number of rotatable bonds is 6. The maximum Gasteiger partial charge on any atom is 0.313 e. The van der Waals surface area contributed by atoms with Crippen molar-refractivity contribution in [2.24, 2.45) is 5.41 Å². The van der Waals surface area contributed by atoms with Gasteiger partial charge in [-0.3, -0.25) is 14.4 Å². The fraction of sp³-hybridized carbons (Fsp3) is 0.571. The zero-order valence-electron chi connectivity index (χ0n) is 17.2. The highest BCUT2D eigenvalue weighted by atomic mass is 19.1. The van der Waals surface area contributed by atoms with Gasteiger partial charge in [0.25, 0.3) is 5.91 Å². The number of halogens is 2. The zero-order valence-corrected chi connectivity index (χ0v) is 17.2. The van der Waals surface area contributed by atoms with Gasteiger partial charge in [-0.05, 0) is 52.7 Å². The van der Waals surface area contributed by atoms with E-state index in [9.17, 15) is 23.2 Å². The molecule has 0 bridgehead atoms. The Hall–Kier alpha value is -2.51. The van der Waals surface area contributed by atoms with Gasteiger partial charge in [-0.15, -0.1) is 0 Å². The normalized spacial score (nSPS) is 16.8. The highest BCUT2D eigenvalue weighted by Gasteiger charge is 2.45. The molecule has 1 aromatic carbocycles. The van der Waals surface area contributed by atoms with Gasteiger partial charge in [0.2, 0.25) is 5.91 Å². The molecule has 2 rings (SSSR count). The third-order valence-electron chi connectivity index (χ3n) is 4.85. The van der Waals surface area contributed by atoms with E-state index in [2.05, 4.69) is 10.6 Å². The molecule has 6 nitrogen and oxygen atoms in total. The van der Waals surface area contributed by atoms with Crippen molar-refractivity contribution in [3.05, 3.63) is 29.8 Å². The Morgan fingerprint density at radius 3 is 2.34 bits per heavy atom. The molecular weight excluding hydrogens is 382 g/mol. The topological polar surface area (TPSA) is 84.5 Å². The average Bonchev–Trinajstić information content (AvgIpc) is 3.05. The van der Waals surface area contributed by atoms with Gasteiger partial charge in [-0.2, -0.15) is 0 Å². The van der Waals surface area contributed by atoms with Crippen LogP contribution in [-0.2, 0) is 19.1 Å². The summed E-state index contributed by atoms with van der Waals surface area (Å²) in [5.74, 6) is -3.29. The van der Waals surface area contributed by atoms with E-state index < -0.39 is 40.6 Å². The van der Waals surface area contributed by atoms with Crippen molar-refractivity contribution in [2.45, 2.75) is 71.4 Å². The first-order valence-electron chi connectivity index (χ1n) is 9.70. The van der Waals surface area contributed by atoms with Gasteiger partial charge in [0.1, 0.15) is 11.6 Å². The molecule has 1 aromatic rings. The standard InChI is InChI=1S/C21H28F2N2O4/c1-13(18(27)24-16-8-7-14(22)11-15(16)23)29-19(28)21(9-5-6-10-21)12-17(26)25-20(2,3)4/h7-8,11,13H,5-6,9-10,12H2,1-4H3,(H,24,27)(H,25,26). The van der Waals surface area contributed by atoms with E-state index >= 15 is 0 Å². The molecule has 0 spiro atoms. The Bertz CT molecular complexity index is 783. The molecule has 0 heterocycles. The SMILES string of the molecule is CC(OC(=O)C1(CC(=O)NC(C)(C)C)CCCC1)C(=O)Nc1ccc(F)cc1F. The van der Waals surface area contributed by atoms with Gasteiger partial charge < -0.3 is 15.4 Å². The third-order valence-corrected chi connectivity index (χ3v) is 4.85. The summed E-state index contributed by atoms with van der Waals surface area (Å²) >= 11 is 0. The van der Waals surface area contributed by atoms with Gasteiger partial charge in [0, 0.05) is 18.0 Å². The Labute approximate surface area is 169 Å². The number of carbonyl (C=O) groups excluding carboxylic acids is 3. The van der Waals surface area contributed by atoms with Gasteiger partial charge in [-0.1, -0.05) is 12.8 Å². The Morgan fingerprint density at radius 2 is 1.79 bits per heavy atom. The van der Waals surface area contributed by atoms with E-state index in [0.717, 1.165) is 25.0 Å². The number of hydrogen-bond donors (Lipinski definition) is 2. The third kappa shape index (κ3) is 6.24. The predicted octanol–water partition coefficient (Wildman–Crippen LogP) is 3.70. The molecule has 160 valence electrons. The minimum absolute atomic E-state index is 0.00989. The molecule has 1 unspecified atom stereocenters. The summed E-state index contributed by atoms with van der Waals surface area (Å²) in [5.41, 5.74) is -1.60. The van der Waals surface area contributed by atoms with Crippen molar-refractivity contribution in [3.63, 3.8) is 0 Å². The van der Waals surface area contributed by atoms with Crippen molar-refractivity contribution >= 4 is 23.5 Å². The molecule has 0 aromatic heterocycles. The van der Waals surface area contributed by atoms with E-state index in [1.807, 2.05) is 20.8 Å². The molecule has 1 aliphatic carbocycles. The average molecular weight is 410 g/mol. The van der Waals surface area contributed by atoms with Crippen LogP contribution in [0.2, 0.25) is 0 Å². The minimum Gasteiger partial charge on any atom is -0.452 e. The van der Waals surface area contributed by atoms with Crippen molar-refractivity contribution < 1.29 is 27.9 Å². The molecule has 0 aliphatic heterocycles. The summed E-state index contributed by atoms with van der Waals surface area (Å²) in [4.78, 5) is 37.5. The molecule has 1 fully saturated rings. The number of ether oxygens (including phenoxy) is 1. The van der Waals surface area contributed by atoms with E-state index in [1.54, 1.807) is 0 Å². The van der Waals surface area contributed by atoms with Crippen LogP contribution in [-0.4, -0.2) is 29.4 Å². The second-order valence-electron chi connectivity index (χ2n) is 8.62. The molecule has 1 saturated carbocycles. The van der Waals surface area contributed by atoms with Crippen LogP contribution in [0, 0.1) is 17.0 Å². The number of carbonyl (C=O) groups is 3. The predicted molar refractivity (Wildman–Crippen MR) is 104 cm³/mol. The summed E-state index contributed by atoms with van der Waals surface area (Å²) in [5, 5.41) is 5.13. The van der Waals surface area contributed by atoms with Gasteiger partial charge >= 0.3 is 5.97 Å². The first-order valence-corrected chi connectivity index (χ1v) is 9.70. The summed E-state index contributed by atoms with van der Waals surface area (Å²) in [6.45, 7) is 6.93. The first kappa shape index (κ1) is 22.8. The van der Waals surface area contributed by atoms with Crippen LogP contribution in [0.4, 0.5) is 14.5 Å². The van der Waals surface area contributed by atoms with E-state index in [-0.39, 0.29) is 18.0 Å². The highest BCUT2D eigenvalue weighted by Crippen LogP contribution is 2.42. The Kier molecular flexibility index (Phi) is 6.97. The molecule has 1 atom stereocenters. The smallest absolute Gasteiger partial charge is 0.313 e. The van der Waals surface area contributed by atoms with Gasteiger partial charge in [0.05, 0.1) is 11.1 Å². The number of anilines is 1. The van der Waals surface area contributed by atoms with Crippen LogP contribution in [0.3, 0.4) is 0 Å². The Morgan fingerprint density at radius 1 is 1.17 bits per heavy atom. The lowest BCUT2D eigenvalue weighted by molar-refractivity contribution is -0.165. The minimum atomic E-state index is -1.20. The van der Waals surface area contributed by atoms with Crippen LogP contribution >= 0.6 is 0 Å². The van der Waals surface area contributed by atoms with Crippen LogP contribution in [0.5, 0.6) is 0 Å². The molecule has 0 saturated heterocycles. The van der Waals surface area contributed by atoms with Crippen molar-refractivity contribution in [2.75, 3.05) is 5.32 Å². The highest BCUT2D eigenvalue weighted by molar-refractivity contribution is 5.96. The number of nitrogens with one attached hydrogen (secondary N) is 2. The molecular formula is C21H28F2N2O4. The van der Waals surface area contributed by atoms with Crippen molar-refractivity contribution in [1.82, 2.24) is 5.32 Å². The van der Waals surface area contributed by atoms with E-state index in [4.69, 9.17) is 4.74 Å². The van der Waals surface area contributed by atoms with Crippen LogP contribution in [0.15, 0.2) is 18.2 Å². The quantitative estimate of drug-likeness (QED) is 0.701. The second-order valence-corrected chi connectivity index (χ2v) is 8.62. The summed E-state index contributed by atoms with van der Waals surface area (Å²) in [7, 11) is 0. The Balaban J connectivity index is 2.03. The monoisotopic (exact) mass is 410 g/mol. The zero-order chi connectivity index (χ0) is 21.8. The number of hydrogen-bond acceptors (Lipinski definition) is 4. The maximum absolute atomic E-state index is 13.7. The van der Waals surface area contributed by atoms with Crippen LogP contribution in [0.25, 0.3) is 0 Å². The molecule has 29 heavy (non-hydrogen) atoms. The number of esters is 1. The van der Waals surface area contributed by atoms with Gasteiger partial charge in [-0.25, -0.2) is 8.78 Å². The van der Waals surface area contributed by atoms with Crippen molar-refractivity contribution in [1.29, 1.82) is 0 Å². The summed E-state index contributed by atoms with van der Waals surface area (Å²) in [6, 6.07) is 2.75. The van der Waals surface area contributed by atoms with E-state index in [1.165, 1.54) is 6.92 Å². The van der Waals surface area contributed by atoms with Gasteiger partial charge in [0.15, 0.2) is 6.10 Å². The first-order chi connectivity index (χ1) is 13.4.